The van der Waals surface area contributed by atoms with Gasteiger partial charge in [0, 0.05) is 12.2 Å². The Kier molecular flexibility index (Phi) is 3.98. The molecule has 0 radical (unpaired) electrons. The third-order valence-corrected chi connectivity index (χ3v) is 3.95. The summed E-state index contributed by atoms with van der Waals surface area (Å²) in [6, 6.07) is 5.37. The first-order valence-corrected chi connectivity index (χ1v) is 6.71. The highest BCUT2D eigenvalue weighted by atomic mass is 32.2. The lowest BCUT2D eigenvalue weighted by Gasteiger charge is -2.14. The lowest BCUT2D eigenvalue weighted by Crippen LogP contribution is -2.51. The average Bonchev–Trinajstić information content (AvgIpc) is 2.63. The number of hydrogen-bond donors (Lipinski definition) is 1. The molecular weight excluding hydrogens is 255 g/mol. The van der Waals surface area contributed by atoms with Crippen LogP contribution in [0.25, 0.3) is 0 Å². The number of imide groups is 1. The Bertz CT molecular complexity index is 464. The van der Waals surface area contributed by atoms with Crippen LogP contribution < -0.4 is 10.6 Å². The van der Waals surface area contributed by atoms with E-state index < -0.39 is 0 Å². The summed E-state index contributed by atoms with van der Waals surface area (Å²) < 4.78 is 12.8. The van der Waals surface area contributed by atoms with Crippen LogP contribution in [0.4, 0.5) is 10.1 Å². The van der Waals surface area contributed by atoms with E-state index in [2.05, 4.69) is 5.73 Å². The van der Waals surface area contributed by atoms with Gasteiger partial charge in [0.2, 0.25) is 11.8 Å². The maximum atomic E-state index is 12.8. The number of carbonyl (C=O) groups is 2. The minimum Gasteiger partial charge on any atom is -0.357 e. The number of benzene rings is 1. The number of thioether (sulfide) groups is 1. The molecule has 1 aliphatic heterocycles. The van der Waals surface area contributed by atoms with Crippen molar-refractivity contribution in [1.82, 2.24) is 0 Å². The van der Waals surface area contributed by atoms with Crippen LogP contribution in [0.3, 0.4) is 0 Å². The standard InChI is InChI=1S/C12H13FN2O2S/c13-8-1-3-9(4-2-8)15-11(16)7-10(12(15)17)18-6-5-14/h1-4,10H,5-7,14H2/p+1/t10-/m0/s1. The Hall–Kier alpha value is -1.40. The van der Waals surface area contributed by atoms with E-state index in [0.717, 1.165) is 17.2 Å². The van der Waals surface area contributed by atoms with E-state index in [1.54, 1.807) is 0 Å². The number of quaternary nitrogens is 1. The molecule has 0 saturated carbocycles. The number of hydrogen-bond acceptors (Lipinski definition) is 3. The zero-order valence-electron chi connectivity index (χ0n) is 9.77. The molecule has 0 aliphatic carbocycles. The van der Waals surface area contributed by atoms with Crippen LogP contribution in [-0.2, 0) is 9.59 Å². The van der Waals surface area contributed by atoms with Gasteiger partial charge in [-0.05, 0) is 24.3 Å². The lowest BCUT2D eigenvalue weighted by molar-refractivity contribution is -0.360. The second-order valence-electron chi connectivity index (χ2n) is 3.96. The van der Waals surface area contributed by atoms with Gasteiger partial charge >= 0.3 is 0 Å². The Balaban J connectivity index is 2.16. The van der Waals surface area contributed by atoms with Crippen molar-refractivity contribution in [2.24, 2.45) is 0 Å². The van der Waals surface area contributed by atoms with Crippen molar-refractivity contribution >= 4 is 29.3 Å². The summed E-state index contributed by atoms with van der Waals surface area (Å²) in [6.45, 7) is 0.721. The lowest BCUT2D eigenvalue weighted by atomic mass is 10.3. The normalized spacial score (nSPS) is 19.7. The van der Waals surface area contributed by atoms with Crippen molar-refractivity contribution < 1.29 is 19.7 Å². The summed E-state index contributed by atoms with van der Waals surface area (Å²) in [7, 11) is 0. The summed E-state index contributed by atoms with van der Waals surface area (Å²) in [6.07, 6.45) is 0.209. The van der Waals surface area contributed by atoms with Gasteiger partial charge in [-0.3, -0.25) is 9.59 Å². The van der Waals surface area contributed by atoms with E-state index in [1.165, 1.54) is 36.0 Å². The van der Waals surface area contributed by atoms with Gasteiger partial charge in [0.05, 0.1) is 17.5 Å². The minimum atomic E-state index is -0.388. The van der Waals surface area contributed by atoms with Crippen molar-refractivity contribution in [3.8, 4) is 0 Å². The molecule has 1 fully saturated rings. The molecule has 6 heteroatoms. The van der Waals surface area contributed by atoms with Crippen LogP contribution in [0.2, 0.25) is 0 Å². The van der Waals surface area contributed by atoms with Gasteiger partial charge in [-0.15, -0.1) is 11.8 Å². The highest BCUT2D eigenvalue weighted by Crippen LogP contribution is 2.29. The second-order valence-corrected chi connectivity index (χ2v) is 5.27. The molecule has 96 valence electrons. The summed E-state index contributed by atoms with van der Waals surface area (Å²) in [4.78, 5) is 25.0. The predicted molar refractivity (Wildman–Crippen MR) is 67.5 cm³/mol. The fraction of sp³-hybridized carbons (Fsp3) is 0.333. The van der Waals surface area contributed by atoms with Crippen molar-refractivity contribution in [1.29, 1.82) is 0 Å². The number of carbonyl (C=O) groups excluding carboxylic acids is 2. The molecule has 3 N–H and O–H groups in total. The number of anilines is 1. The van der Waals surface area contributed by atoms with Gasteiger partial charge in [0.15, 0.2) is 0 Å². The first kappa shape index (κ1) is 13.0. The van der Waals surface area contributed by atoms with Gasteiger partial charge in [0.25, 0.3) is 0 Å². The van der Waals surface area contributed by atoms with Crippen molar-refractivity contribution in [2.45, 2.75) is 11.7 Å². The van der Waals surface area contributed by atoms with E-state index in [9.17, 15) is 14.0 Å². The molecule has 1 saturated heterocycles. The van der Waals surface area contributed by atoms with Crippen molar-refractivity contribution in [2.75, 3.05) is 17.2 Å². The van der Waals surface area contributed by atoms with Crippen molar-refractivity contribution in [3.63, 3.8) is 0 Å². The van der Waals surface area contributed by atoms with E-state index in [0.29, 0.717) is 5.69 Å². The summed E-state index contributed by atoms with van der Waals surface area (Å²) in [5.74, 6) is -0.0833. The van der Waals surface area contributed by atoms with Crippen LogP contribution >= 0.6 is 11.8 Å². The first-order chi connectivity index (χ1) is 8.63. The minimum absolute atomic E-state index is 0.209. The van der Waals surface area contributed by atoms with Crippen LogP contribution in [0.5, 0.6) is 0 Å². The Labute approximate surface area is 108 Å². The number of halogens is 1. The number of rotatable bonds is 4. The molecule has 18 heavy (non-hydrogen) atoms. The van der Waals surface area contributed by atoms with Gasteiger partial charge in [-0.25, -0.2) is 9.29 Å². The van der Waals surface area contributed by atoms with Gasteiger partial charge in [0.1, 0.15) is 5.82 Å². The largest absolute Gasteiger partial charge is 0.357 e. The zero-order chi connectivity index (χ0) is 13.1. The molecule has 1 atom stereocenters. The maximum absolute atomic E-state index is 12.8. The molecule has 1 aliphatic rings. The Morgan fingerprint density at radius 1 is 1.33 bits per heavy atom. The van der Waals surface area contributed by atoms with Crippen LogP contribution in [0.15, 0.2) is 24.3 Å². The van der Waals surface area contributed by atoms with Crippen LogP contribution in [-0.4, -0.2) is 29.4 Å². The van der Waals surface area contributed by atoms with Crippen LogP contribution in [0.1, 0.15) is 6.42 Å². The highest BCUT2D eigenvalue weighted by molar-refractivity contribution is 8.00. The monoisotopic (exact) mass is 269 g/mol. The summed E-state index contributed by atoms with van der Waals surface area (Å²) in [5.41, 5.74) is 4.14. The molecule has 1 heterocycles. The molecule has 1 aromatic carbocycles. The number of nitrogens with zero attached hydrogens (tertiary/aromatic N) is 1. The summed E-state index contributed by atoms with van der Waals surface area (Å²) >= 11 is 1.45. The maximum Gasteiger partial charge on any atom is 0.247 e. The molecule has 0 aromatic heterocycles. The van der Waals surface area contributed by atoms with Crippen LogP contribution in [0, 0.1) is 5.82 Å². The molecule has 2 rings (SSSR count). The molecule has 1 aromatic rings. The predicted octanol–water partition coefficient (Wildman–Crippen LogP) is 0.433. The summed E-state index contributed by atoms with van der Waals surface area (Å²) in [5, 5.41) is -0.329. The molecular formula is C12H14FN2O2S+. The molecule has 2 amide bonds. The Morgan fingerprint density at radius 3 is 2.61 bits per heavy atom. The van der Waals surface area contributed by atoms with E-state index >= 15 is 0 Å². The highest BCUT2D eigenvalue weighted by Gasteiger charge is 2.39. The fourth-order valence-corrected chi connectivity index (χ4v) is 2.78. The Morgan fingerprint density at radius 2 is 2.00 bits per heavy atom. The molecule has 0 spiro atoms. The first-order valence-electron chi connectivity index (χ1n) is 5.66. The van der Waals surface area contributed by atoms with Gasteiger partial charge < -0.3 is 5.73 Å². The number of amides is 2. The van der Waals surface area contributed by atoms with E-state index in [1.807, 2.05) is 0 Å². The third-order valence-electron chi connectivity index (χ3n) is 2.65. The topological polar surface area (TPSA) is 65.0 Å². The molecule has 4 nitrogen and oxygen atoms in total. The second kappa shape index (κ2) is 5.49. The van der Waals surface area contributed by atoms with Crippen molar-refractivity contribution in [3.05, 3.63) is 30.1 Å². The molecule has 0 bridgehead atoms. The SMILES string of the molecule is [NH3+]CCS[C@H]1CC(=O)N(c2ccc(F)cc2)C1=O. The van der Waals surface area contributed by atoms with Gasteiger partial charge in [-0.1, -0.05) is 0 Å². The third kappa shape index (κ3) is 2.54. The fourth-order valence-electron chi connectivity index (χ4n) is 1.82. The quantitative estimate of drug-likeness (QED) is 0.806. The average molecular weight is 269 g/mol. The zero-order valence-corrected chi connectivity index (χ0v) is 10.6. The van der Waals surface area contributed by atoms with E-state index in [4.69, 9.17) is 0 Å². The smallest absolute Gasteiger partial charge is 0.247 e. The van der Waals surface area contributed by atoms with E-state index in [-0.39, 0.29) is 29.3 Å². The van der Waals surface area contributed by atoms with Gasteiger partial charge in [-0.2, -0.15) is 0 Å². The molecule has 0 unspecified atom stereocenters.